The molecular weight excluding hydrogens is 462 g/mol. The van der Waals surface area contributed by atoms with E-state index in [-0.39, 0.29) is 0 Å². The predicted octanol–water partition coefficient (Wildman–Crippen LogP) is 5.39. The first-order valence-electron chi connectivity index (χ1n) is 10.0. The predicted molar refractivity (Wildman–Crippen MR) is 133 cm³/mol. The number of aromatic nitrogens is 2. The number of nitrogens with zero attached hydrogens (tertiary/aromatic N) is 3. The van der Waals surface area contributed by atoms with Crippen molar-refractivity contribution in [1.29, 1.82) is 0 Å². The molecule has 4 rings (SSSR count). The fourth-order valence-electron chi connectivity index (χ4n) is 3.74. The molecule has 0 radical (unpaired) electrons. The minimum atomic E-state index is -0.685. The summed E-state index contributed by atoms with van der Waals surface area (Å²) >= 11 is 7.91. The van der Waals surface area contributed by atoms with Gasteiger partial charge in [0, 0.05) is 16.5 Å². The molecule has 0 aliphatic carbocycles. The first-order chi connectivity index (χ1) is 15.9. The summed E-state index contributed by atoms with van der Waals surface area (Å²) in [5.41, 5.74) is 14.8. The van der Waals surface area contributed by atoms with Crippen molar-refractivity contribution in [2.45, 2.75) is 13.3 Å². The number of nitrogen functional groups attached to an aromatic ring is 1. The van der Waals surface area contributed by atoms with E-state index in [4.69, 9.17) is 32.5 Å². The number of urea groups is 1. The molecule has 170 valence electrons. The molecule has 0 atom stereocenters. The summed E-state index contributed by atoms with van der Waals surface area (Å²) in [6.07, 6.45) is 2.30. The van der Waals surface area contributed by atoms with Gasteiger partial charge in [-0.15, -0.1) is 11.3 Å². The number of aryl methyl sites for hydroxylation is 1. The summed E-state index contributed by atoms with van der Waals surface area (Å²) in [4.78, 5) is 24.3. The number of benzene rings is 2. The third-order valence-corrected chi connectivity index (χ3v) is 6.78. The Morgan fingerprint density at radius 1 is 1.12 bits per heavy atom. The zero-order valence-electron chi connectivity index (χ0n) is 18.3. The van der Waals surface area contributed by atoms with E-state index in [1.807, 2.05) is 12.1 Å². The van der Waals surface area contributed by atoms with Crippen molar-refractivity contribution in [1.82, 2.24) is 9.97 Å². The van der Waals surface area contributed by atoms with Crippen molar-refractivity contribution in [3.8, 4) is 22.6 Å². The lowest BCUT2D eigenvalue weighted by Crippen LogP contribution is -2.31. The molecule has 0 aliphatic heterocycles. The zero-order valence-corrected chi connectivity index (χ0v) is 19.8. The Morgan fingerprint density at radius 2 is 1.82 bits per heavy atom. The molecule has 2 heterocycles. The maximum Gasteiger partial charge on any atom is 0.324 e. The van der Waals surface area contributed by atoms with Gasteiger partial charge in [-0.05, 0) is 30.2 Å². The summed E-state index contributed by atoms with van der Waals surface area (Å²) in [5, 5.41) is 1.16. The molecular formula is C23H22ClN5O3S. The molecule has 4 aromatic rings. The molecule has 33 heavy (non-hydrogen) atoms. The van der Waals surface area contributed by atoms with Crippen LogP contribution in [0.3, 0.4) is 0 Å². The second-order valence-corrected chi connectivity index (χ2v) is 8.56. The monoisotopic (exact) mass is 483 g/mol. The van der Waals surface area contributed by atoms with Gasteiger partial charge in [0.15, 0.2) is 0 Å². The second kappa shape index (κ2) is 9.13. The van der Waals surface area contributed by atoms with Crippen molar-refractivity contribution in [3.05, 3.63) is 52.6 Å². The van der Waals surface area contributed by atoms with Crippen LogP contribution in [0.15, 0.2) is 42.7 Å². The number of carbonyl (C=O) groups is 1. The number of fused-ring (bicyclic) bond motifs is 1. The minimum Gasteiger partial charge on any atom is -0.495 e. The lowest BCUT2D eigenvalue weighted by Gasteiger charge is -2.24. The number of nitrogens with two attached hydrogens (primary N) is 2. The molecule has 0 saturated heterocycles. The molecule has 2 amide bonds. The van der Waals surface area contributed by atoms with Gasteiger partial charge in [0.05, 0.1) is 36.0 Å². The maximum atomic E-state index is 12.5. The Hall–Kier alpha value is -3.56. The minimum absolute atomic E-state index is 0.323. The molecule has 0 bridgehead atoms. The first-order valence-corrected chi connectivity index (χ1v) is 11.2. The molecule has 4 N–H and O–H groups in total. The molecule has 10 heteroatoms. The summed E-state index contributed by atoms with van der Waals surface area (Å²) < 4.78 is 10.7. The van der Waals surface area contributed by atoms with Crippen molar-refractivity contribution in [2.24, 2.45) is 5.73 Å². The van der Waals surface area contributed by atoms with Crippen LogP contribution in [0.2, 0.25) is 5.02 Å². The quantitative estimate of drug-likeness (QED) is 0.379. The summed E-state index contributed by atoms with van der Waals surface area (Å²) in [6, 6.07) is 9.94. The highest BCUT2D eigenvalue weighted by atomic mass is 35.5. The first kappa shape index (κ1) is 22.6. The maximum absolute atomic E-state index is 12.5. The van der Waals surface area contributed by atoms with Crippen molar-refractivity contribution in [3.63, 3.8) is 0 Å². The number of halogens is 1. The standard InChI is InChI=1S/C23H22ClN5O3S/c1-4-18-19(20-21(25)27-11-28-22(20)33-18)12-5-7-13(8-6-12)29(23(26)30)15-9-14(24)16(31-2)10-17(15)32-3/h5-11H,4H2,1-3H3,(H2,26,30)(H2,25,27,28). The number of anilines is 3. The smallest absolute Gasteiger partial charge is 0.324 e. The number of hydrogen-bond acceptors (Lipinski definition) is 7. The largest absolute Gasteiger partial charge is 0.495 e. The highest BCUT2D eigenvalue weighted by Crippen LogP contribution is 2.43. The van der Waals surface area contributed by atoms with Gasteiger partial charge >= 0.3 is 6.03 Å². The van der Waals surface area contributed by atoms with E-state index in [9.17, 15) is 4.79 Å². The van der Waals surface area contributed by atoms with Crippen LogP contribution >= 0.6 is 22.9 Å². The van der Waals surface area contributed by atoms with Crippen molar-refractivity contribution < 1.29 is 14.3 Å². The van der Waals surface area contributed by atoms with Gasteiger partial charge < -0.3 is 20.9 Å². The highest BCUT2D eigenvalue weighted by Gasteiger charge is 2.23. The number of rotatable bonds is 6. The summed E-state index contributed by atoms with van der Waals surface area (Å²) in [5.74, 6) is 1.25. The van der Waals surface area contributed by atoms with Crippen LogP contribution in [0, 0.1) is 0 Å². The van der Waals surface area contributed by atoms with Gasteiger partial charge in [-0.25, -0.2) is 14.8 Å². The van der Waals surface area contributed by atoms with E-state index < -0.39 is 6.03 Å². The molecule has 0 fully saturated rings. The molecule has 0 aliphatic rings. The molecule has 0 unspecified atom stereocenters. The molecule has 2 aromatic heterocycles. The average molecular weight is 484 g/mol. The van der Waals surface area contributed by atoms with E-state index in [1.54, 1.807) is 35.6 Å². The Kier molecular flexibility index (Phi) is 6.26. The van der Waals surface area contributed by atoms with Crippen LogP contribution in [0.4, 0.5) is 22.0 Å². The van der Waals surface area contributed by atoms with Crippen LogP contribution in [0.25, 0.3) is 21.3 Å². The van der Waals surface area contributed by atoms with Crippen molar-refractivity contribution >= 4 is 56.4 Å². The molecule has 0 spiro atoms. The Balaban J connectivity index is 1.82. The number of methoxy groups -OCH3 is 2. The van der Waals surface area contributed by atoms with Gasteiger partial charge in [-0.3, -0.25) is 4.90 Å². The summed E-state index contributed by atoms with van der Waals surface area (Å²) in [7, 11) is 3.00. The molecule has 8 nitrogen and oxygen atoms in total. The zero-order chi connectivity index (χ0) is 23.7. The van der Waals surface area contributed by atoms with Gasteiger partial charge in [-0.2, -0.15) is 0 Å². The van der Waals surface area contributed by atoms with Gasteiger partial charge in [0.25, 0.3) is 0 Å². The molecule has 2 aromatic carbocycles. The van der Waals surface area contributed by atoms with Gasteiger partial charge in [0.1, 0.15) is 28.5 Å². The number of carbonyl (C=O) groups excluding carboxylic acids is 1. The average Bonchev–Trinajstić information content (AvgIpc) is 3.20. The number of hydrogen-bond donors (Lipinski definition) is 2. The number of ether oxygens (including phenoxy) is 2. The number of thiophene rings is 1. The van der Waals surface area contributed by atoms with Gasteiger partial charge in [-0.1, -0.05) is 30.7 Å². The highest BCUT2D eigenvalue weighted by molar-refractivity contribution is 7.19. The van der Waals surface area contributed by atoms with Crippen molar-refractivity contribution in [2.75, 3.05) is 24.9 Å². The SMILES string of the molecule is CCc1sc2ncnc(N)c2c1-c1ccc(N(C(N)=O)c2cc(Cl)c(OC)cc2OC)cc1. The normalized spacial score (nSPS) is 10.9. The Labute approximate surface area is 199 Å². The van der Waals surface area contributed by atoms with Crippen LogP contribution in [-0.4, -0.2) is 30.2 Å². The van der Waals surface area contributed by atoms with E-state index >= 15 is 0 Å². The van der Waals surface area contributed by atoms with E-state index in [2.05, 4.69) is 16.9 Å². The van der Waals surface area contributed by atoms with E-state index in [1.165, 1.54) is 25.4 Å². The third kappa shape index (κ3) is 4.01. The summed E-state index contributed by atoms with van der Waals surface area (Å²) in [6.45, 7) is 2.08. The van der Waals surface area contributed by atoms with E-state index in [0.29, 0.717) is 33.7 Å². The van der Waals surface area contributed by atoms with Crippen LogP contribution in [0.5, 0.6) is 11.5 Å². The number of amides is 2. The molecule has 0 saturated carbocycles. The van der Waals surface area contributed by atoms with Crippen LogP contribution in [0.1, 0.15) is 11.8 Å². The fraction of sp³-hybridized carbons (Fsp3) is 0.174. The second-order valence-electron chi connectivity index (χ2n) is 7.07. The number of primary amides is 1. The van der Waals surface area contributed by atoms with Crippen LogP contribution in [-0.2, 0) is 6.42 Å². The lowest BCUT2D eigenvalue weighted by molar-refractivity contribution is 0.256. The van der Waals surface area contributed by atoms with Crippen LogP contribution < -0.4 is 25.8 Å². The lowest BCUT2D eigenvalue weighted by atomic mass is 10.0. The topological polar surface area (TPSA) is 117 Å². The Bertz CT molecular complexity index is 1340. The van der Waals surface area contributed by atoms with E-state index in [0.717, 1.165) is 32.6 Å². The Morgan fingerprint density at radius 3 is 2.42 bits per heavy atom. The van der Waals surface area contributed by atoms with Gasteiger partial charge in [0.2, 0.25) is 0 Å². The third-order valence-electron chi connectivity index (χ3n) is 5.24. The fourth-order valence-corrected chi connectivity index (χ4v) is 5.08.